The summed E-state index contributed by atoms with van der Waals surface area (Å²) >= 11 is 2.09. The first-order valence-electron chi connectivity index (χ1n) is 26.2. The maximum atomic E-state index is 11.5. The Labute approximate surface area is 396 Å². The largest absolute Gasteiger partial charge is 0.460 e. The van der Waals surface area contributed by atoms with Crippen LogP contribution in [0, 0.1) is 5.41 Å². The molecule has 1 amide bonds. The summed E-state index contributed by atoms with van der Waals surface area (Å²) in [5, 5.41) is 4.24. The molecule has 0 aromatic rings. The zero-order valence-electron chi connectivity index (χ0n) is 44.2. The van der Waals surface area contributed by atoms with Gasteiger partial charge in [-0.25, -0.2) is 0 Å². The molecule has 4 aliphatic heterocycles. The summed E-state index contributed by atoms with van der Waals surface area (Å²) < 4.78 is 6.21. The van der Waals surface area contributed by atoms with Crippen LogP contribution >= 0.6 is 11.8 Å². The Bertz CT molecular complexity index is 1130. The lowest BCUT2D eigenvalue weighted by molar-refractivity contribution is -0.925. The first-order chi connectivity index (χ1) is 29.6. The normalized spacial score (nSPS) is 19.3. The minimum Gasteiger partial charge on any atom is -0.460 e. The Morgan fingerprint density at radius 3 is 1.87 bits per heavy atom. The zero-order valence-corrected chi connectivity index (χ0v) is 45.0. The van der Waals surface area contributed by atoms with Crippen LogP contribution in [0.4, 0.5) is 0 Å². The van der Waals surface area contributed by atoms with Crippen molar-refractivity contribution in [1.29, 1.82) is 0 Å². The van der Waals surface area contributed by atoms with E-state index in [9.17, 15) is 9.59 Å². The number of nitrogens with two attached hydrogens (primary N) is 1. The van der Waals surface area contributed by atoms with E-state index in [1.54, 1.807) is 0 Å². The van der Waals surface area contributed by atoms with E-state index in [1.165, 1.54) is 135 Å². The van der Waals surface area contributed by atoms with Gasteiger partial charge in [-0.3, -0.25) is 9.59 Å². The molecule has 0 aliphatic carbocycles. The van der Waals surface area contributed by atoms with Crippen molar-refractivity contribution in [3.63, 3.8) is 0 Å². The topological polar surface area (TPSA) is 94.4 Å². The molecule has 4 rings (SSSR count). The average molecular weight is 912 g/mol. The summed E-state index contributed by atoms with van der Waals surface area (Å²) in [4.78, 5) is 33.0. The molecule has 0 aromatic carbocycles. The molecule has 11 heteroatoms. The van der Waals surface area contributed by atoms with Crippen molar-refractivity contribution in [2.45, 2.75) is 215 Å². The number of hydrogen-bond acceptors (Lipinski definition) is 9. The van der Waals surface area contributed by atoms with Crippen LogP contribution < -0.4 is 11.1 Å². The van der Waals surface area contributed by atoms with Gasteiger partial charge in [0, 0.05) is 37.5 Å². The average Bonchev–Trinajstić information content (AvgIpc) is 3.74. The van der Waals surface area contributed by atoms with Crippen molar-refractivity contribution in [3.8, 4) is 0 Å². The van der Waals surface area contributed by atoms with Crippen LogP contribution in [-0.2, 0) is 14.3 Å². The van der Waals surface area contributed by atoms with Crippen LogP contribution in [0.5, 0.6) is 0 Å². The summed E-state index contributed by atoms with van der Waals surface area (Å²) in [6, 6.07) is 2.20. The van der Waals surface area contributed by atoms with Gasteiger partial charge in [0.05, 0.1) is 19.6 Å². The molecule has 4 fully saturated rings. The zero-order chi connectivity index (χ0) is 47.3. The van der Waals surface area contributed by atoms with Crippen LogP contribution in [0.1, 0.15) is 186 Å². The molecule has 0 bridgehead atoms. The van der Waals surface area contributed by atoms with E-state index in [4.69, 9.17) is 10.5 Å². The molecule has 0 unspecified atom stereocenters. The highest BCUT2D eigenvalue weighted by atomic mass is 32.2. The van der Waals surface area contributed by atoms with Gasteiger partial charge >= 0.3 is 5.97 Å². The van der Waals surface area contributed by atoms with Crippen molar-refractivity contribution in [2.75, 3.05) is 104 Å². The molecular weight excluding hydrogens is 803 g/mol. The molecule has 4 saturated heterocycles. The maximum absolute atomic E-state index is 11.5. The molecule has 0 atom stereocenters. The number of ether oxygens (including phenoxy) is 1. The predicted octanol–water partition coefficient (Wildman–Crippen LogP) is 9.69. The Morgan fingerprint density at radius 2 is 1.35 bits per heavy atom. The van der Waals surface area contributed by atoms with Gasteiger partial charge in [0.25, 0.3) is 5.91 Å². The first-order valence-corrected chi connectivity index (χ1v) is 27.2. The summed E-state index contributed by atoms with van der Waals surface area (Å²) in [6.07, 6.45) is 20.1. The molecule has 0 radical (unpaired) electrons. The number of hydrogen-bond donors (Lipinski definition) is 2. The molecular formula is C52H108N7O3S+. The number of carbonyl (C=O) groups excluding carboxylic acids is 2. The molecule has 374 valence electrons. The second-order valence-electron chi connectivity index (χ2n) is 22.6. The first kappa shape index (κ1) is 60.1. The summed E-state index contributed by atoms with van der Waals surface area (Å²) in [5.74, 6) is 1.10. The van der Waals surface area contributed by atoms with E-state index in [0.29, 0.717) is 24.4 Å². The summed E-state index contributed by atoms with van der Waals surface area (Å²) in [7, 11) is 2.12. The molecule has 0 aromatic heterocycles. The summed E-state index contributed by atoms with van der Waals surface area (Å²) in [5.41, 5.74) is 5.44. The monoisotopic (exact) mass is 911 g/mol. The number of esters is 1. The number of thioether (sulfide) groups is 1. The number of amides is 1. The minimum absolute atomic E-state index is 0.0874. The number of piperidine rings is 3. The second-order valence-corrected chi connectivity index (χ2v) is 24.3. The van der Waals surface area contributed by atoms with Crippen LogP contribution in [-0.4, -0.2) is 169 Å². The third-order valence-electron chi connectivity index (χ3n) is 12.8. The Hall–Kier alpha value is -0.950. The van der Waals surface area contributed by atoms with E-state index < -0.39 is 0 Å². The Balaban J connectivity index is 0.000000424. The quantitative estimate of drug-likeness (QED) is 0.0664. The molecule has 10 nitrogen and oxygen atoms in total. The lowest BCUT2D eigenvalue weighted by atomic mass is 9.90. The van der Waals surface area contributed by atoms with E-state index in [1.807, 2.05) is 20.8 Å². The van der Waals surface area contributed by atoms with Gasteiger partial charge in [0.15, 0.2) is 6.54 Å². The summed E-state index contributed by atoms with van der Waals surface area (Å²) in [6.45, 7) is 42.4. The number of nitrogens with one attached hydrogen (secondary N) is 1. The minimum atomic E-state index is -0.365. The number of rotatable bonds is 21. The highest BCUT2D eigenvalue weighted by Crippen LogP contribution is 2.23. The van der Waals surface area contributed by atoms with E-state index in [-0.39, 0.29) is 17.5 Å². The van der Waals surface area contributed by atoms with Crippen molar-refractivity contribution >= 4 is 23.6 Å². The lowest BCUT2D eigenvalue weighted by Crippen LogP contribution is -2.56. The fourth-order valence-electron chi connectivity index (χ4n) is 9.32. The van der Waals surface area contributed by atoms with Crippen molar-refractivity contribution in [3.05, 3.63) is 0 Å². The molecule has 4 heterocycles. The van der Waals surface area contributed by atoms with Crippen LogP contribution in [0.3, 0.4) is 0 Å². The lowest BCUT2D eigenvalue weighted by Gasteiger charge is -2.40. The van der Waals surface area contributed by atoms with Gasteiger partial charge in [-0.05, 0) is 200 Å². The molecule has 0 spiro atoms. The standard InChI is InChI=1S/C16H33NO2.C13H27N3O.C12H24N2.C11H23NS/c1-15(2,3)11-9-13-17(7)12-8-10-14(18)19-16(4,5)6;1-12(2)15-7-6-10-16(11-13(14)17)8-4-3-5-9-16;1-11(2)13-9-5-12(6-10-13)14-7-3-4-8-14;1-11(2)13-10-6-9-12-7-4-3-5-8-12/h8-13H2,1-7H3;12,15H,3-11H2,1-2H3,(H-,14,17);11-12H,3-10H2,1-2H3;11H,3-10H2,1-2H3/p+1. The van der Waals surface area contributed by atoms with Gasteiger partial charge in [0.2, 0.25) is 0 Å². The van der Waals surface area contributed by atoms with Gasteiger partial charge in [-0.2, -0.15) is 11.8 Å². The van der Waals surface area contributed by atoms with Crippen molar-refractivity contribution in [1.82, 2.24) is 24.9 Å². The van der Waals surface area contributed by atoms with Gasteiger partial charge in [0.1, 0.15) is 5.60 Å². The van der Waals surface area contributed by atoms with E-state index >= 15 is 0 Å². The Morgan fingerprint density at radius 1 is 0.778 bits per heavy atom. The van der Waals surface area contributed by atoms with Gasteiger partial charge < -0.3 is 39.9 Å². The van der Waals surface area contributed by atoms with Crippen molar-refractivity contribution in [2.24, 2.45) is 11.1 Å². The number of likely N-dealkylation sites (tertiary alicyclic amines) is 4. The van der Waals surface area contributed by atoms with E-state index in [0.717, 1.165) is 73.9 Å². The number of nitrogens with zero attached hydrogens (tertiary/aromatic N) is 5. The van der Waals surface area contributed by atoms with Gasteiger partial charge in [-0.15, -0.1) is 0 Å². The number of primary amides is 1. The molecule has 63 heavy (non-hydrogen) atoms. The van der Waals surface area contributed by atoms with Crippen LogP contribution in [0.2, 0.25) is 0 Å². The highest BCUT2D eigenvalue weighted by Gasteiger charge is 2.31. The number of quaternary nitrogens is 1. The fourth-order valence-corrected chi connectivity index (χ4v) is 10.1. The predicted molar refractivity (Wildman–Crippen MR) is 275 cm³/mol. The van der Waals surface area contributed by atoms with Crippen molar-refractivity contribution < 1.29 is 18.8 Å². The molecule has 0 saturated carbocycles. The molecule has 3 N–H and O–H groups in total. The second kappa shape index (κ2) is 33.5. The fraction of sp³-hybridized carbons (Fsp3) is 0.962. The van der Waals surface area contributed by atoms with E-state index in [2.05, 4.69) is 106 Å². The highest BCUT2D eigenvalue weighted by molar-refractivity contribution is 7.99. The van der Waals surface area contributed by atoms with Crippen LogP contribution in [0.15, 0.2) is 0 Å². The number of carbonyl (C=O) groups is 2. The molecule has 4 aliphatic rings. The third kappa shape index (κ3) is 33.2. The maximum Gasteiger partial charge on any atom is 0.306 e. The third-order valence-corrected chi connectivity index (χ3v) is 14.0. The Kier molecular flexibility index (Phi) is 32.0. The smallest absolute Gasteiger partial charge is 0.306 e. The van der Waals surface area contributed by atoms with Gasteiger partial charge in [-0.1, -0.05) is 54.9 Å². The SMILES string of the molecule is CC(C)N1CCC(N2CCCC2)CC1.CC(C)NCCC[N+]1(CC(N)=O)CCCCC1.CC(C)SCCCN1CCCCC1.CN(CCCC(=O)OC(C)(C)C)CCCC(C)(C)C. The van der Waals surface area contributed by atoms with Crippen LogP contribution in [0.25, 0.3) is 0 Å².